The maximum atomic E-state index is 13.8. The minimum atomic E-state index is -0.354. The van der Waals surface area contributed by atoms with Crippen molar-refractivity contribution in [2.75, 3.05) is 5.32 Å². The number of carbonyl (C=O) groups is 2. The van der Waals surface area contributed by atoms with E-state index in [2.05, 4.69) is 10.6 Å². The number of anilines is 1. The van der Waals surface area contributed by atoms with Crippen LogP contribution in [-0.2, 0) is 0 Å². The van der Waals surface area contributed by atoms with Gasteiger partial charge in [0, 0.05) is 16.1 Å². The zero-order chi connectivity index (χ0) is 17.4. The van der Waals surface area contributed by atoms with Crippen molar-refractivity contribution >= 4 is 38.9 Å². The third-order valence-corrected chi connectivity index (χ3v) is 5.16. The summed E-state index contributed by atoms with van der Waals surface area (Å²) in [4.78, 5) is 25.3. The summed E-state index contributed by atoms with van der Waals surface area (Å²) in [7, 11) is 0. The monoisotopic (exact) mass is 354 g/mol. The van der Waals surface area contributed by atoms with E-state index < -0.39 is 0 Å². The summed E-state index contributed by atoms with van der Waals surface area (Å²) in [6, 6.07) is 13.4. The quantitative estimate of drug-likeness (QED) is 0.738. The Morgan fingerprint density at radius 2 is 1.84 bits per heavy atom. The summed E-state index contributed by atoms with van der Waals surface area (Å²) < 4.78 is 14.5. The molecule has 2 N–H and O–H groups in total. The summed E-state index contributed by atoms with van der Waals surface area (Å²) in [6.45, 7) is 0. The Balaban J connectivity index is 1.59. The molecule has 4 rings (SSSR count). The van der Waals surface area contributed by atoms with E-state index in [-0.39, 0.29) is 23.7 Å². The normalized spacial score (nSPS) is 13.6. The second kappa shape index (κ2) is 6.29. The van der Waals surface area contributed by atoms with Crippen LogP contribution in [0.2, 0.25) is 0 Å². The van der Waals surface area contributed by atoms with Gasteiger partial charge in [0.1, 0.15) is 5.82 Å². The van der Waals surface area contributed by atoms with E-state index in [0.29, 0.717) is 26.2 Å². The van der Waals surface area contributed by atoms with Crippen LogP contribution in [0.15, 0.2) is 48.5 Å². The van der Waals surface area contributed by atoms with Crippen LogP contribution in [-0.4, -0.2) is 17.9 Å². The van der Waals surface area contributed by atoms with Crippen molar-refractivity contribution in [1.29, 1.82) is 0 Å². The van der Waals surface area contributed by atoms with Gasteiger partial charge in [-0.25, -0.2) is 4.39 Å². The van der Waals surface area contributed by atoms with Gasteiger partial charge in [0.25, 0.3) is 11.8 Å². The van der Waals surface area contributed by atoms with Crippen LogP contribution < -0.4 is 10.6 Å². The van der Waals surface area contributed by atoms with Crippen molar-refractivity contribution in [1.82, 2.24) is 5.32 Å². The highest BCUT2D eigenvalue weighted by Gasteiger charge is 2.25. The average molecular weight is 354 g/mol. The van der Waals surface area contributed by atoms with Crippen molar-refractivity contribution < 1.29 is 14.0 Å². The topological polar surface area (TPSA) is 58.2 Å². The summed E-state index contributed by atoms with van der Waals surface area (Å²) >= 11 is 1.22. The SMILES string of the molecule is O=C(Nc1ccccc1C(=O)NC1CC1)c1cc2c(F)cccc2s1. The number of hydrogen-bond donors (Lipinski definition) is 2. The van der Waals surface area contributed by atoms with Crippen LogP contribution in [0.5, 0.6) is 0 Å². The molecule has 0 unspecified atom stereocenters. The van der Waals surface area contributed by atoms with E-state index in [1.54, 1.807) is 36.4 Å². The molecular formula is C19H15FN2O2S. The van der Waals surface area contributed by atoms with Crippen LogP contribution in [0.1, 0.15) is 32.9 Å². The first-order valence-corrected chi connectivity index (χ1v) is 8.83. The van der Waals surface area contributed by atoms with E-state index in [4.69, 9.17) is 0 Å². The van der Waals surface area contributed by atoms with Crippen LogP contribution in [0.4, 0.5) is 10.1 Å². The molecule has 4 nitrogen and oxygen atoms in total. The summed E-state index contributed by atoms with van der Waals surface area (Å²) in [6.07, 6.45) is 1.99. The largest absolute Gasteiger partial charge is 0.349 e. The first-order valence-electron chi connectivity index (χ1n) is 8.01. The molecule has 1 aliphatic rings. The van der Waals surface area contributed by atoms with E-state index in [1.807, 2.05) is 0 Å². The molecule has 0 aliphatic heterocycles. The molecule has 0 bridgehead atoms. The van der Waals surface area contributed by atoms with E-state index in [1.165, 1.54) is 23.5 Å². The number of halogens is 1. The minimum absolute atomic E-state index is 0.194. The number of para-hydroxylation sites is 1. The summed E-state index contributed by atoms with van der Waals surface area (Å²) in [5.41, 5.74) is 0.874. The highest BCUT2D eigenvalue weighted by molar-refractivity contribution is 7.20. The summed E-state index contributed by atoms with van der Waals surface area (Å²) in [5.74, 6) is -0.898. The van der Waals surface area contributed by atoms with Gasteiger partial charge < -0.3 is 10.6 Å². The van der Waals surface area contributed by atoms with Crippen molar-refractivity contribution in [2.45, 2.75) is 18.9 Å². The molecule has 2 amide bonds. The number of hydrogen-bond acceptors (Lipinski definition) is 3. The molecule has 1 saturated carbocycles. The Hall–Kier alpha value is -2.73. The molecule has 1 aromatic heterocycles. The molecule has 0 radical (unpaired) electrons. The van der Waals surface area contributed by atoms with Crippen molar-refractivity contribution in [3.63, 3.8) is 0 Å². The molecular weight excluding hydrogens is 339 g/mol. The standard InChI is InChI=1S/C19H15FN2O2S/c20-14-5-3-7-16-13(14)10-17(25-16)19(24)22-15-6-2-1-4-12(15)18(23)21-11-8-9-11/h1-7,10-11H,8-9H2,(H,21,23)(H,22,24). The Kier molecular flexibility index (Phi) is 3.97. The molecule has 0 spiro atoms. The molecule has 3 aromatic rings. The van der Waals surface area contributed by atoms with Crippen molar-refractivity contribution in [3.05, 3.63) is 64.8 Å². The number of fused-ring (bicyclic) bond motifs is 1. The smallest absolute Gasteiger partial charge is 0.265 e. The van der Waals surface area contributed by atoms with Crippen LogP contribution in [0, 0.1) is 5.82 Å². The molecule has 1 heterocycles. The van der Waals surface area contributed by atoms with Crippen molar-refractivity contribution in [2.24, 2.45) is 0 Å². The molecule has 126 valence electrons. The third-order valence-electron chi connectivity index (χ3n) is 4.06. The zero-order valence-electron chi connectivity index (χ0n) is 13.2. The number of thiophene rings is 1. The van der Waals surface area contributed by atoms with E-state index in [0.717, 1.165) is 12.8 Å². The highest BCUT2D eigenvalue weighted by atomic mass is 32.1. The number of amides is 2. The lowest BCUT2D eigenvalue weighted by atomic mass is 10.1. The van der Waals surface area contributed by atoms with E-state index in [9.17, 15) is 14.0 Å². The molecule has 1 fully saturated rings. The van der Waals surface area contributed by atoms with Gasteiger partial charge in [-0.15, -0.1) is 11.3 Å². The second-order valence-corrected chi connectivity index (χ2v) is 7.09. The van der Waals surface area contributed by atoms with Crippen LogP contribution in [0.25, 0.3) is 10.1 Å². The van der Waals surface area contributed by atoms with Gasteiger partial charge in [-0.05, 0) is 43.2 Å². The highest BCUT2D eigenvalue weighted by Crippen LogP contribution is 2.29. The van der Waals surface area contributed by atoms with Gasteiger partial charge in [-0.1, -0.05) is 18.2 Å². The second-order valence-electron chi connectivity index (χ2n) is 6.01. The molecule has 0 atom stereocenters. The Bertz CT molecular complexity index is 978. The van der Waals surface area contributed by atoms with Gasteiger partial charge in [0.05, 0.1) is 16.1 Å². The van der Waals surface area contributed by atoms with Crippen LogP contribution in [0.3, 0.4) is 0 Å². The van der Waals surface area contributed by atoms with Gasteiger partial charge in [-0.2, -0.15) is 0 Å². The number of carbonyl (C=O) groups excluding carboxylic acids is 2. The lowest BCUT2D eigenvalue weighted by Crippen LogP contribution is -2.26. The predicted molar refractivity (Wildman–Crippen MR) is 96.7 cm³/mol. The molecule has 25 heavy (non-hydrogen) atoms. The fourth-order valence-corrected chi connectivity index (χ4v) is 3.57. The summed E-state index contributed by atoms with van der Waals surface area (Å²) in [5, 5.41) is 6.11. The Labute approximate surface area is 147 Å². The number of nitrogens with one attached hydrogen (secondary N) is 2. The maximum absolute atomic E-state index is 13.8. The van der Waals surface area contributed by atoms with Gasteiger partial charge in [0.15, 0.2) is 0 Å². The molecule has 6 heteroatoms. The third kappa shape index (κ3) is 3.25. The van der Waals surface area contributed by atoms with Gasteiger partial charge in [-0.3, -0.25) is 9.59 Å². The maximum Gasteiger partial charge on any atom is 0.265 e. The van der Waals surface area contributed by atoms with E-state index >= 15 is 0 Å². The molecule has 2 aromatic carbocycles. The first-order chi connectivity index (χ1) is 12.1. The molecule has 1 aliphatic carbocycles. The lowest BCUT2D eigenvalue weighted by molar-refractivity contribution is 0.0952. The Morgan fingerprint density at radius 3 is 2.60 bits per heavy atom. The number of rotatable bonds is 4. The Morgan fingerprint density at radius 1 is 1.04 bits per heavy atom. The van der Waals surface area contributed by atoms with Gasteiger partial charge in [0.2, 0.25) is 0 Å². The average Bonchev–Trinajstić information content (AvgIpc) is 3.30. The zero-order valence-corrected chi connectivity index (χ0v) is 14.0. The predicted octanol–water partition coefficient (Wildman–Crippen LogP) is 4.18. The minimum Gasteiger partial charge on any atom is -0.349 e. The van der Waals surface area contributed by atoms with Crippen LogP contribution >= 0.6 is 11.3 Å². The first kappa shape index (κ1) is 15.8. The fraction of sp³-hybridized carbons (Fsp3) is 0.158. The fourth-order valence-electron chi connectivity index (χ4n) is 2.60. The van der Waals surface area contributed by atoms with Crippen molar-refractivity contribution in [3.8, 4) is 0 Å². The molecule has 0 saturated heterocycles. The number of benzene rings is 2. The lowest BCUT2D eigenvalue weighted by Gasteiger charge is -2.10. The van der Waals surface area contributed by atoms with Gasteiger partial charge >= 0.3 is 0 Å².